The third kappa shape index (κ3) is 1.24. The molecule has 0 aliphatic carbocycles. The Morgan fingerprint density at radius 2 is 2.05 bits per heavy atom. The van der Waals surface area contributed by atoms with Crippen molar-refractivity contribution in [3.05, 3.63) is 65.0 Å². The summed E-state index contributed by atoms with van der Waals surface area (Å²) in [5.41, 5.74) is 1.90. The predicted molar refractivity (Wildman–Crippen MR) is 75.4 cm³/mol. The van der Waals surface area contributed by atoms with Gasteiger partial charge in [-0.2, -0.15) is 5.26 Å². The van der Waals surface area contributed by atoms with Gasteiger partial charge in [-0.1, -0.05) is 18.2 Å². The van der Waals surface area contributed by atoms with Crippen LogP contribution in [0.4, 0.5) is 10.1 Å². The van der Waals surface area contributed by atoms with Crippen LogP contribution in [0.3, 0.4) is 0 Å². The molecule has 0 radical (unpaired) electrons. The van der Waals surface area contributed by atoms with Crippen LogP contribution in [-0.2, 0) is 5.54 Å². The minimum absolute atomic E-state index is 0.126. The Kier molecular flexibility index (Phi) is 2.13. The highest BCUT2D eigenvalue weighted by Crippen LogP contribution is 2.57. The molecule has 3 nitrogen and oxygen atoms in total. The lowest BCUT2D eigenvalue weighted by Gasteiger charge is -2.31. The molecule has 0 aromatic heterocycles. The van der Waals surface area contributed by atoms with Gasteiger partial charge in [0.1, 0.15) is 11.7 Å². The second kappa shape index (κ2) is 3.70. The van der Waals surface area contributed by atoms with E-state index in [4.69, 9.17) is 0 Å². The Morgan fingerprint density at radius 3 is 2.81 bits per heavy atom. The zero-order valence-electron chi connectivity index (χ0n) is 11.3. The van der Waals surface area contributed by atoms with E-state index in [0.29, 0.717) is 16.8 Å². The van der Waals surface area contributed by atoms with Crippen LogP contribution in [0.1, 0.15) is 34.3 Å². The number of amides is 1. The molecule has 102 valence electrons. The molecule has 0 unspecified atom stereocenters. The number of carbonyl (C=O) groups is 1. The predicted octanol–water partition coefficient (Wildman–Crippen LogP) is 3.32. The molecule has 2 aromatic rings. The smallest absolute Gasteiger partial charge is 0.259 e. The van der Waals surface area contributed by atoms with Crippen LogP contribution >= 0.6 is 0 Å². The molecule has 1 amide bonds. The minimum Gasteiger partial charge on any atom is -0.296 e. The van der Waals surface area contributed by atoms with Gasteiger partial charge in [0, 0.05) is 11.3 Å². The van der Waals surface area contributed by atoms with Crippen molar-refractivity contribution in [3.8, 4) is 6.07 Å². The van der Waals surface area contributed by atoms with Gasteiger partial charge in [0.15, 0.2) is 0 Å². The topological polar surface area (TPSA) is 44.1 Å². The third-order valence-electron chi connectivity index (χ3n) is 4.60. The lowest BCUT2D eigenvalue weighted by Crippen LogP contribution is -2.40. The molecule has 2 aliphatic heterocycles. The molecule has 21 heavy (non-hydrogen) atoms. The highest BCUT2D eigenvalue weighted by atomic mass is 19.1. The fourth-order valence-electron chi connectivity index (χ4n) is 3.67. The number of fused-ring (bicyclic) bond motifs is 5. The molecule has 4 heteroatoms. The van der Waals surface area contributed by atoms with Gasteiger partial charge in [-0.3, -0.25) is 9.69 Å². The number of hydrogen-bond donors (Lipinski definition) is 0. The van der Waals surface area contributed by atoms with Crippen molar-refractivity contribution in [2.24, 2.45) is 0 Å². The van der Waals surface area contributed by atoms with E-state index in [1.54, 1.807) is 17.0 Å². The normalized spacial score (nSPS) is 25.3. The Balaban J connectivity index is 2.06. The quantitative estimate of drug-likeness (QED) is 0.742. The standard InChI is InChI=1S/C17H11FN2O/c1-17-13-5-3-2-4-11(13)16(21)20(17)15-7-6-10(18)8-12(15)14(17)9-19/h2-8,14H,1H3/t14-,17-/m1/s1. The highest BCUT2D eigenvalue weighted by molar-refractivity contribution is 6.14. The fraction of sp³-hybridized carbons (Fsp3) is 0.176. The zero-order chi connectivity index (χ0) is 14.8. The van der Waals surface area contributed by atoms with E-state index < -0.39 is 11.5 Å². The molecule has 0 saturated heterocycles. The van der Waals surface area contributed by atoms with E-state index in [1.807, 2.05) is 25.1 Å². The van der Waals surface area contributed by atoms with Gasteiger partial charge in [-0.05, 0) is 42.3 Å². The van der Waals surface area contributed by atoms with E-state index in [9.17, 15) is 14.4 Å². The molecule has 0 saturated carbocycles. The maximum absolute atomic E-state index is 13.6. The second-order valence-corrected chi connectivity index (χ2v) is 5.60. The van der Waals surface area contributed by atoms with E-state index in [0.717, 1.165) is 5.56 Å². The van der Waals surface area contributed by atoms with Crippen LogP contribution in [0.15, 0.2) is 42.5 Å². The number of anilines is 1. The van der Waals surface area contributed by atoms with Crippen LogP contribution in [0, 0.1) is 17.1 Å². The summed E-state index contributed by atoms with van der Waals surface area (Å²) in [4.78, 5) is 14.4. The first-order valence-electron chi connectivity index (χ1n) is 6.72. The SMILES string of the molecule is C[C@]12c3ccccc3C(=O)N1c1ccc(F)cc1[C@H]2C#N. The number of rotatable bonds is 0. The van der Waals surface area contributed by atoms with Gasteiger partial charge in [-0.15, -0.1) is 0 Å². The van der Waals surface area contributed by atoms with Crippen LogP contribution in [-0.4, -0.2) is 5.91 Å². The molecule has 4 rings (SSSR count). The van der Waals surface area contributed by atoms with Crippen molar-refractivity contribution in [3.63, 3.8) is 0 Å². The minimum atomic E-state index is -0.765. The van der Waals surface area contributed by atoms with Crippen LogP contribution in [0.25, 0.3) is 0 Å². The first-order chi connectivity index (χ1) is 10.1. The van der Waals surface area contributed by atoms with Crippen molar-refractivity contribution in [1.82, 2.24) is 0 Å². The van der Waals surface area contributed by atoms with Gasteiger partial charge in [0.05, 0.1) is 11.6 Å². The molecule has 0 spiro atoms. The average Bonchev–Trinajstić information content (AvgIpc) is 2.86. The van der Waals surface area contributed by atoms with E-state index in [-0.39, 0.29) is 11.7 Å². The molecular formula is C17H11FN2O. The summed E-state index contributed by atoms with van der Waals surface area (Å²) in [6.07, 6.45) is 0. The van der Waals surface area contributed by atoms with Crippen molar-refractivity contribution >= 4 is 11.6 Å². The summed E-state index contributed by atoms with van der Waals surface area (Å²) in [6, 6.07) is 13.9. The highest BCUT2D eigenvalue weighted by Gasteiger charge is 2.57. The number of carbonyl (C=O) groups excluding carboxylic acids is 1. The summed E-state index contributed by atoms with van der Waals surface area (Å²) in [5, 5.41) is 9.62. The number of nitriles is 1. The van der Waals surface area contributed by atoms with Gasteiger partial charge in [0.2, 0.25) is 0 Å². The lowest BCUT2D eigenvalue weighted by molar-refractivity contribution is 0.0982. The van der Waals surface area contributed by atoms with Gasteiger partial charge >= 0.3 is 0 Å². The van der Waals surface area contributed by atoms with Gasteiger partial charge in [0.25, 0.3) is 5.91 Å². The molecule has 0 bridgehead atoms. The molecule has 2 atom stereocenters. The zero-order valence-corrected chi connectivity index (χ0v) is 11.3. The number of halogens is 1. The third-order valence-corrected chi connectivity index (χ3v) is 4.60. The second-order valence-electron chi connectivity index (χ2n) is 5.60. The van der Waals surface area contributed by atoms with Crippen molar-refractivity contribution in [2.45, 2.75) is 18.4 Å². The van der Waals surface area contributed by atoms with Crippen LogP contribution < -0.4 is 4.90 Å². The van der Waals surface area contributed by atoms with E-state index in [2.05, 4.69) is 6.07 Å². The Bertz CT molecular complexity index is 839. The summed E-state index contributed by atoms with van der Waals surface area (Å²) >= 11 is 0. The maximum Gasteiger partial charge on any atom is 0.259 e. The van der Waals surface area contributed by atoms with Crippen molar-refractivity contribution < 1.29 is 9.18 Å². The molecule has 2 aromatic carbocycles. The summed E-state index contributed by atoms with van der Waals surface area (Å²) < 4.78 is 13.6. The first-order valence-corrected chi connectivity index (χ1v) is 6.72. The number of nitrogens with zero attached hydrogens (tertiary/aromatic N) is 2. The monoisotopic (exact) mass is 278 g/mol. The van der Waals surface area contributed by atoms with Crippen LogP contribution in [0.5, 0.6) is 0 Å². The molecule has 0 N–H and O–H groups in total. The van der Waals surface area contributed by atoms with Crippen molar-refractivity contribution in [1.29, 1.82) is 5.26 Å². The van der Waals surface area contributed by atoms with Gasteiger partial charge in [-0.25, -0.2) is 4.39 Å². The maximum atomic E-state index is 13.6. The first kappa shape index (κ1) is 12.1. The van der Waals surface area contributed by atoms with Crippen LogP contribution in [0.2, 0.25) is 0 Å². The van der Waals surface area contributed by atoms with E-state index >= 15 is 0 Å². The number of hydrogen-bond acceptors (Lipinski definition) is 2. The lowest BCUT2D eigenvalue weighted by atomic mass is 9.80. The molecular weight excluding hydrogens is 267 g/mol. The largest absolute Gasteiger partial charge is 0.296 e. The summed E-state index contributed by atoms with van der Waals surface area (Å²) in [6.45, 7) is 1.88. The number of benzene rings is 2. The molecule has 0 fully saturated rings. The van der Waals surface area contributed by atoms with E-state index in [1.165, 1.54) is 12.1 Å². The Morgan fingerprint density at radius 1 is 1.29 bits per heavy atom. The fourth-order valence-corrected chi connectivity index (χ4v) is 3.67. The Hall–Kier alpha value is -2.67. The molecule has 2 heterocycles. The van der Waals surface area contributed by atoms with Crippen molar-refractivity contribution in [2.75, 3.05) is 4.90 Å². The summed E-state index contributed by atoms with van der Waals surface area (Å²) in [5.74, 6) is -1.09. The van der Waals surface area contributed by atoms with Gasteiger partial charge < -0.3 is 0 Å². The molecule has 2 aliphatic rings. The average molecular weight is 278 g/mol. The Labute approximate surface area is 121 Å². The summed E-state index contributed by atoms with van der Waals surface area (Å²) in [7, 11) is 0.